The monoisotopic (exact) mass is 430 g/mol. The molecule has 1 heterocycles. The van der Waals surface area contributed by atoms with Crippen molar-refractivity contribution in [1.29, 1.82) is 0 Å². The number of aromatic nitrogens is 2. The number of carbonyl (C=O) groups excluding carboxylic acids is 1. The van der Waals surface area contributed by atoms with E-state index in [4.69, 9.17) is 0 Å². The SMILES string of the molecule is CCn1c(=O)c(=O)[nH]c2cc(C(=O)N(CCN(C)C)Cc3ccc(F)cc3F)ccc21. The highest BCUT2D eigenvalue weighted by atomic mass is 19.1. The van der Waals surface area contributed by atoms with Gasteiger partial charge in [0.05, 0.1) is 11.0 Å². The van der Waals surface area contributed by atoms with Gasteiger partial charge in [-0.05, 0) is 45.3 Å². The molecule has 164 valence electrons. The first-order valence-electron chi connectivity index (χ1n) is 9.86. The maximum absolute atomic E-state index is 14.2. The van der Waals surface area contributed by atoms with Gasteiger partial charge in [0.15, 0.2) is 0 Å². The molecule has 9 heteroatoms. The lowest BCUT2D eigenvalue weighted by Gasteiger charge is -2.25. The Hall–Kier alpha value is -3.33. The lowest BCUT2D eigenvalue weighted by molar-refractivity contribution is 0.0730. The minimum absolute atomic E-state index is 0.0399. The lowest BCUT2D eigenvalue weighted by Crippen LogP contribution is -2.37. The lowest BCUT2D eigenvalue weighted by atomic mass is 10.1. The van der Waals surface area contributed by atoms with Crippen LogP contribution in [0.25, 0.3) is 11.0 Å². The van der Waals surface area contributed by atoms with Gasteiger partial charge < -0.3 is 19.4 Å². The average Bonchev–Trinajstić information content (AvgIpc) is 2.72. The second kappa shape index (κ2) is 9.22. The number of rotatable bonds is 7. The molecule has 31 heavy (non-hydrogen) atoms. The van der Waals surface area contributed by atoms with E-state index < -0.39 is 22.8 Å². The van der Waals surface area contributed by atoms with Gasteiger partial charge in [-0.25, -0.2) is 8.78 Å². The molecule has 1 aromatic heterocycles. The topological polar surface area (TPSA) is 78.4 Å². The van der Waals surface area contributed by atoms with Crippen molar-refractivity contribution in [1.82, 2.24) is 19.4 Å². The van der Waals surface area contributed by atoms with Crippen LogP contribution in [0.2, 0.25) is 0 Å². The Kier molecular flexibility index (Phi) is 6.65. The zero-order valence-electron chi connectivity index (χ0n) is 17.6. The van der Waals surface area contributed by atoms with Crippen LogP contribution in [-0.2, 0) is 13.1 Å². The highest BCUT2D eigenvalue weighted by molar-refractivity contribution is 5.97. The number of likely N-dealkylation sites (N-methyl/N-ethyl adjacent to an activating group) is 1. The summed E-state index contributed by atoms with van der Waals surface area (Å²) in [6, 6.07) is 7.93. The summed E-state index contributed by atoms with van der Waals surface area (Å²) in [7, 11) is 3.71. The molecular weight excluding hydrogens is 406 g/mol. The molecule has 7 nitrogen and oxygen atoms in total. The third-order valence-corrected chi connectivity index (χ3v) is 5.02. The largest absolute Gasteiger partial charge is 0.333 e. The molecule has 0 saturated carbocycles. The van der Waals surface area contributed by atoms with Crippen LogP contribution in [0, 0.1) is 11.6 Å². The first-order chi connectivity index (χ1) is 14.7. The standard InChI is InChI=1S/C22H24F2N4O3/c1-4-28-19-8-6-14(11-18(19)25-20(29)22(28)31)21(30)27(10-9-26(2)3)13-15-5-7-16(23)12-17(15)24/h5-8,11-12H,4,9-10,13H2,1-3H3,(H,25,29). The fourth-order valence-electron chi connectivity index (χ4n) is 3.34. The normalized spacial score (nSPS) is 11.3. The number of hydrogen-bond acceptors (Lipinski definition) is 4. The molecule has 2 aromatic carbocycles. The molecule has 0 aliphatic rings. The second-order valence-corrected chi connectivity index (χ2v) is 7.50. The summed E-state index contributed by atoms with van der Waals surface area (Å²) in [6.07, 6.45) is 0. The minimum atomic E-state index is -0.767. The number of hydrogen-bond donors (Lipinski definition) is 1. The Balaban J connectivity index is 1.99. The second-order valence-electron chi connectivity index (χ2n) is 7.50. The summed E-state index contributed by atoms with van der Waals surface area (Å²) in [6.45, 7) is 2.87. The highest BCUT2D eigenvalue weighted by Gasteiger charge is 2.19. The zero-order chi connectivity index (χ0) is 22.7. The first kappa shape index (κ1) is 22.4. The summed E-state index contributed by atoms with van der Waals surface area (Å²) in [5, 5.41) is 0. The minimum Gasteiger partial charge on any atom is -0.333 e. The number of fused-ring (bicyclic) bond motifs is 1. The fraction of sp³-hybridized carbons (Fsp3) is 0.318. The van der Waals surface area contributed by atoms with Gasteiger partial charge >= 0.3 is 11.1 Å². The summed E-state index contributed by atoms with van der Waals surface area (Å²) < 4.78 is 28.8. The van der Waals surface area contributed by atoms with Crippen molar-refractivity contribution in [3.8, 4) is 0 Å². The summed E-state index contributed by atoms with van der Waals surface area (Å²) in [5.41, 5.74) is -0.0792. The molecule has 0 unspecified atom stereocenters. The smallest absolute Gasteiger partial charge is 0.316 e. The van der Waals surface area contributed by atoms with E-state index in [0.29, 0.717) is 30.7 Å². The van der Waals surface area contributed by atoms with Crippen LogP contribution in [0.4, 0.5) is 8.78 Å². The van der Waals surface area contributed by atoms with Crippen molar-refractivity contribution < 1.29 is 13.6 Å². The van der Waals surface area contributed by atoms with Gasteiger partial charge in [-0.2, -0.15) is 0 Å². The van der Waals surface area contributed by atoms with Crippen molar-refractivity contribution in [2.24, 2.45) is 0 Å². The van der Waals surface area contributed by atoms with E-state index in [1.165, 1.54) is 21.6 Å². The maximum Gasteiger partial charge on any atom is 0.316 e. The molecule has 0 radical (unpaired) electrons. The molecule has 0 saturated heterocycles. The number of nitrogens with zero attached hydrogens (tertiary/aromatic N) is 3. The molecule has 3 rings (SSSR count). The number of H-pyrrole nitrogens is 1. The molecule has 1 amide bonds. The summed E-state index contributed by atoms with van der Waals surface area (Å²) >= 11 is 0. The van der Waals surface area contributed by atoms with Crippen molar-refractivity contribution in [2.75, 3.05) is 27.2 Å². The first-order valence-corrected chi connectivity index (χ1v) is 9.86. The Morgan fingerprint density at radius 2 is 1.81 bits per heavy atom. The molecule has 0 aliphatic carbocycles. The number of aromatic amines is 1. The van der Waals surface area contributed by atoms with Crippen molar-refractivity contribution >= 4 is 16.9 Å². The maximum atomic E-state index is 14.2. The number of benzene rings is 2. The average molecular weight is 430 g/mol. The quantitative estimate of drug-likeness (QED) is 0.583. The zero-order valence-corrected chi connectivity index (χ0v) is 17.6. The van der Waals surface area contributed by atoms with E-state index in [1.807, 2.05) is 19.0 Å². The fourth-order valence-corrected chi connectivity index (χ4v) is 3.34. The van der Waals surface area contributed by atoms with Crippen LogP contribution < -0.4 is 11.1 Å². The Morgan fingerprint density at radius 1 is 1.06 bits per heavy atom. The van der Waals surface area contributed by atoms with E-state index >= 15 is 0 Å². The van der Waals surface area contributed by atoms with Gasteiger partial charge in [-0.15, -0.1) is 0 Å². The van der Waals surface area contributed by atoms with Gasteiger partial charge in [0.2, 0.25) is 0 Å². The van der Waals surface area contributed by atoms with E-state index in [0.717, 1.165) is 12.1 Å². The van der Waals surface area contributed by atoms with Crippen LogP contribution in [0.5, 0.6) is 0 Å². The van der Waals surface area contributed by atoms with E-state index in [1.54, 1.807) is 19.1 Å². The van der Waals surface area contributed by atoms with Crippen LogP contribution in [0.15, 0.2) is 46.0 Å². The molecule has 0 bridgehead atoms. The molecule has 0 spiro atoms. The third kappa shape index (κ3) is 4.88. The molecule has 0 aliphatic heterocycles. The van der Waals surface area contributed by atoms with E-state index in [-0.39, 0.29) is 23.6 Å². The number of aryl methyl sites for hydroxylation is 1. The van der Waals surface area contributed by atoms with Crippen LogP contribution in [-0.4, -0.2) is 52.4 Å². The molecule has 1 N–H and O–H groups in total. The van der Waals surface area contributed by atoms with Gasteiger partial charge in [0, 0.05) is 43.4 Å². The summed E-state index contributed by atoms with van der Waals surface area (Å²) in [5.74, 6) is -1.78. The number of nitrogens with one attached hydrogen (secondary N) is 1. The molecule has 0 fully saturated rings. The van der Waals surface area contributed by atoms with Crippen molar-refractivity contribution in [2.45, 2.75) is 20.0 Å². The highest BCUT2D eigenvalue weighted by Crippen LogP contribution is 2.17. The Bertz CT molecular complexity index is 1230. The van der Waals surface area contributed by atoms with Gasteiger partial charge in [0.1, 0.15) is 11.6 Å². The van der Waals surface area contributed by atoms with Crippen LogP contribution in [0.3, 0.4) is 0 Å². The molecule has 0 atom stereocenters. The predicted molar refractivity (Wildman–Crippen MR) is 114 cm³/mol. The molecule has 3 aromatic rings. The summed E-state index contributed by atoms with van der Waals surface area (Å²) in [4.78, 5) is 43.1. The predicted octanol–water partition coefficient (Wildman–Crippen LogP) is 2.19. The van der Waals surface area contributed by atoms with Gasteiger partial charge in [-0.3, -0.25) is 14.4 Å². The van der Waals surface area contributed by atoms with Gasteiger partial charge in [0.25, 0.3) is 5.91 Å². The van der Waals surface area contributed by atoms with Crippen LogP contribution >= 0.6 is 0 Å². The Morgan fingerprint density at radius 3 is 2.45 bits per heavy atom. The number of carbonyl (C=O) groups is 1. The van der Waals surface area contributed by atoms with Crippen molar-refractivity contribution in [3.63, 3.8) is 0 Å². The van der Waals surface area contributed by atoms with E-state index in [2.05, 4.69) is 4.98 Å². The van der Waals surface area contributed by atoms with Crippen LogP contribution in [0.1, 0.15) is 22.8 Å². The molecular formula is C22H24F2N4O3. The van der Waals surface area contributed by atoms with Crippen molar-refractivity contribution in [3.05, 3.63) is 79.9 Å². The van der Waals surface area contributed by atoms with Gasteiger partial charge in [-0.1, -0.05) is 6.07 Å². The third-order valence-electron chi connectivity index (χ3n) is 5.02. The van der Waals surface area contributed by atoms with E-state index in [9.17, 15) is 23.2 Å². The number of halogens is 2. The number of amides is 1. The Labute approximate surface area is 177 Å².